The number of hydrogen-bond donors (Lipinski definition) is 6. The van der Waals surface area contributed by atoms with Crippen molar-refractivity contribution in [2.24, 2.45) is 11.5 Å². The molecule has 0 heterocycles. The van der Waals surface area contributed by atoms with E-state index in [1.54, 1.807) is 0 Å². The van der Waals surface area contributed by atoms with Gasteiger partial charge in [-0.2, -0.15) is 0 Å². The summed E-state index contributed by atoms with van der Waals surface area (Å²) in [5.74, 6) is -1.26. The summed E-state index contributed by atoms with van der Waals surface area (Å²) in [5.41, 5.74) is 16.2. The molecule has 0 fully saturated rings. The maximum absolute atomic E-state index is 13.2. The first-order valence-corrected chi connectivity index (χ1v) is 18.1. The smallest absolute Gasteiger partial charge is 0.242 e. The Hall–Kier alpha value is -5.32. The van der Waals surface area contributed by atoms with Gasteiger partial charge in [0.1, 0.15) is 12.1 Å². The minimum absolute atomic E-state index is 0.258. The predicted molar refractivity (Wildman–Crippen MR) is 205 cm³/mol. The number of carbonyl (C=O) groups is 4. The van der Waals surface area contributed by atoms with Gasteiger partial charge in [-0.25, -0.2) is 0 Å². The first-order valence-electron chi connectivity index (χ1n) is 18.1. The van der Waals surface area contributed by atoms with Gasteiger partial charge in [-0.3, -0.25) is 19.2 Å². The van der Waals surface area contributed by atoms with Crippen LogP contribution in [0.2, 0.25) is 0 Å². The Bertz CT molecular complexity index is 1530. The third kappa shape index (κ3) is 14.1. The lowest BCUT2D eigenvalue weighted by molar-refractivity contribution is -0.129. The van der Waals surface area contributed by atoms with Gasteiger partial charge in [0.05, 0.1) is 12.1 Å². The Morgan fingerprint density at radius 2 is 0.692 bits per heavy atom. The van der Waals surface area contributed by atoms with Gasteiger partial charge in [-0.1, -0.05) is 134 Å². The minimum atomic E-state index is -0.781. The summed E-state index contributed by atoms with van der Waals surface area (Å²) < 4.78 is 0. The molecule has 0 saturated heterocycles. The fourth-order valence-electron chi connectivity index (χ4n) is 5.87. The van der Waals surface area contributed by atoms with Gasteiger partial charge in [-0.15, -0.1) is 0 Å². The lowest BCUT2D eigenvalue weighted by atomic mass is 10.0. The van der Waals surface area contributed by atoms with Crippen molar-refractivity contribution in [1.82, 2.24) is 21.3 Å². The molecule has 0 aliphatic carbocycles. The van der Waals surface area contributed by atoms with Crippen molar-refractivity contribution in [1.29, 1.82) is 0 Å². The van der Waals surface area contributed by atoms with Gasteiger partial charge in [0.25, 0.3) is 0 Å². The van der Waals surface area contributed by atoms with E-state index < -0.39 is 24.2 Å². The Morgan fingerprint density at radius 1 is 0.404 bits per heavy atom. The highest BCUT2D eigenvalue weighted by molar-refractivity contribution is 5.90. The molecule has 8 N–H and O–H groups in total. The molecule has 0 radical (unpaired) electrons. The molecule has 4 rings (SSSR count). The van der Waals surface area contributed by atoms with Crippen molar-refractivity contribution in [3.8, 4) is 0 Å². The second-order valence-corrected chi connectivity index (χ2v) is 13.1. The topological polar surface area (TPSA) is 168 Å². The summed E-state index contributed by atoms with van der Waals surface area (Å²) >= 11 is 0. The molecular weight excluding hydrogens is 652 g/mol. The van der Waals surface area contributed by atoms with E-state index in [1.807, 2.05) is 121 Å². The van der Waals surface area contributed by atoms with E-state index >= 15 is 0 Å². The van der Waals surface area contributed by atoms with Crippen molar-refractivity contribution in [2.75, 3.05) is 13.1 Å². The van der Waals surface area contributed by atoms with E-state index in [9.17, 15) is 19.2 Å². The van der Waals surface area contributed by atoms with E-state index in [0.717, 1.165) is 47.9 Å². The van der Waals surface area contributed by atoms with E-state index in [1.165, 1.54) is 0 Å². The zero-order valence-corrected chi connectivity index (χ0v) is 29.7. The largest absolute Gasteiger partial charge is 0.354 e. The Kier molecular flexibility index (Phi) is 16.5. The van der Waals surface area contributed by atoms with Crippen LogP contribution in [-0.2, 0) is 44.9 Å². The Morgan fingerprint density at radius 3 is 1.00 bits per heavy atom. The average Bonchev–Trinajstić information content (AvgIpc) is 3.16. The number of rotatable bonds is 21. The van der Waals surface area contributed by atoms with Crippen LogP contribution in [0.4, 0.5) is 0 Å². The zero-order valence-electron chi connectivity index (χ0n) is 29.7. The zero-order chi connectivity index (χ0) is 37.0. The molecule has 10 nitrogen and oxygen atoms in total. The molecule has 0 bridgehead atoms. The first-order chi connectivity index (χ1) is 25.3. The normalized spacial score (nSPS) is 13.2. The van der Waals surface area contributed by atoms with Crippen LogP contribution in [-0.4, -0.2) is 60.9 Å². The van der Waals surface area contributed by atoms with Crippen LogP contribution >= 0.6 is 0 Å². The molecule has 0 unspecified atom stereocenters. The highest BCUT2D eigenvalue weighted by atomic mass is 16.2. The number of nitrogens with two attached hydrogens (primary N) is 2. The molecule has 4 aromatic carbocycles. The fraction of sp³-hybridized carbons (Fsp3) is 0.333. The van der Waals surface area contributed by atoms with Crippen molar-refractivity contribution < 1.29 is 19.2 Å². The van der Waals surface area contributed by atoms with Gasteiger partial charge in [0.15, 0.2) is 0 Å². The molecule has 0 spiro atoms. The molecule has 0 aromatic heterocycles. The maximum atomic E-state index is 13.2. The number of amides is 4. The van der Waals surface area contributed by atoms with Crippen LogP contribution in [0.3, 0.4) is 0 Å². The summed E-state index contributed by atoms with van der Waals surface area (Å²) in [6.45, 7) is 0.910. The fourth-order valence-corrected chi connectivity index (χ4v) is 5.87. The highest BCUT2D eigenvalue weighted by Crippen LogP contribution is 2.09. The number of nitrogens with one attached hydrogen (secondary N) is 4. The van der Waals surface area contributed by atoms with Crippen LogP contribution in [0.15, 0.2) is 121 Å². The molecule has 4 aromatic rings. The quantitative estimate of drug-likeness (QED) is 0.0728. The summed E-state index contributed by atoms with van der Waals surface area (Å²) in [6, 6.07) is 35.1. The van der Waals surface area contributed by atoms with Crippen LogP contribution in [0.1, 0.15) is 47.9 Å². The molecule has 10 heteroatoms. The molecule has 274 valence electrons. The Labute approximate surface area is 307 Å². The second-order valence-electron chi connectivity index (χ2n) is 13.1. The molecule has 4 atom stereocenters. The molecule has 0 saturated carbocycles. The molecule has 52 heavy (non-hydrogen) atoms. The van der Waals surface area contributed by atoms with Crippen LogP contribution in [0.5, 0.6) is 0 Å². The van der Waals surface area contributed by atoms with E-state index in [4.69, 9.17) is 11.5 Å². The number of hydrogen-bond acceptors (Lipinski definition) is 6. The second kappa shape index (κ2) is 21.8. The van der Waals surface area contributed by atoms with Crippen molar-refractivity contribution in [2.45, 2.75) is 75.5 Å². The SMILES string of the molecule is N[C@H](Cc1ccccc1)C(=O)N[C@@H](Cc1ccccc1)C(=O)NCCCCCCNC(=O)[C@H](Cc1ccccc1)NC(=O)[C@H](N)Cc1ccccc1. The Balaban J connectivity index is 1.19. The molecular formula is C42H52N6O4. The summed E-state index contributed by atoms with van der Waals surface area (Å²) in [7, 11) is 0. The third-order valence-corrected chi connectivity index (χ3v) is 8.80. The van der Waals surface area contributed by atoms with E-state index in [-0.39, 0.29) is 23.6 Å². The van der Waals surface area contributed by atoms with Gasteiger partial charge in [0.2, 0.25) is 23.6 Å². The number of carbonyl (C=O) groups excluding carboxylic acids is 4. The van der Waals surface area contributed by atoms with Crippen LogP contribution < -0.4 is 32.7 Å². The van der Waals surface area contributed by atoms with Gasteiger partial charge in [0, 0.05) is 25.9 Å². The summed E-state index contributed by atoms with van der Waals surface area (Å²) in [6.07, 6.45) is 4.60. The van der Waals surface area contributed by atoms with Crippen LogP contribution in [0, 0.1) is 0 Å². The monoisotopic (exact) mass is 704 g/mol. The highest BCUT2D eigenvalue weighted by Gasteiger charge is 2.25. The van der Waals surface area contributed by atoms with E-state index in [2.05, 4.69) is 21.3 Å². The lowest BCUT2D eigenvalue weighted by Gasteiger charge is -2.21. The minimum Gasteiger partial charge on any atom is -0.354 e. The number of benzene rings is 4. The predicted octanol–water partition coefficient (Wildman–Crippen LogP) is 3.37. The maximum Gasteiger partial charge on any atom is 0.242 e. The van der Waals surface area contributed by atoms with Gasteiger partial charge < -0.3 is 32.7 Å². The van der Waals surface area contributed by atoms with Crippen molar-refractivity contribution in [3.05, 3.63) is 144 Å². The lowest BCUT2D eigenvalue weighted by Crippen LogP contribution is -2.53. The van der Waals surface area contributed by atoms with Crippen LogP contribution in [0.25, 0.3) is 0 Å². The third-order valence-electron chi connectivity index (χ3n) is 8.80. The van der Waals surface area contributed by atoms with Crippen molar-refractivity contribution in [3.63, 3.8) is 0 Å². The van der Waals surface area contributed by atoms with E-state index in [0.29, 0.717) is 38.8 Å². The molecule has 4 amide bonds. The van der Waals surface area contributed by atoms with Gasteiger partial charge in [-0.05, 0) is 47.9 Å². The number of unbranched alkanes of at least 4 members (excludes halogenated alkanes) is 3. The van der Waals surface area contributed by atoms with Crippen molar-refractivity contribution >= 4 is 23.6 Å². The van der Waals surface area contributed by atoms with Gasteiger partial charge >= 0.3 is 0 Å². The molecule has 0 aliphatic heterocycles. The standard InChI is InChI=1S/C42H52N6O4/c43-35(27-31-17-7-3-8-18-31)39(49)47-37(29-33-21-11-5-12-22-33)41(51)45-25-15-1-2-16-26-46-42(52)38(30-34-23-13-6-14-24-34)48-40(50)36(44)28-32-19-9-4-10-20-32/h3-14,17-24,35-38H,1-2,15-16,25-30,43-44H2,(H,45,51)(H,46,52)(H,47,49)(H,48,50)/t35-,36-,37+,38+/m1/s1. The average molecular weight is 705 g/mol. The summed E-state index contributed by atoms with van der Waals surface area (Å²) in [4.78, 5) is 52.4. The summed E-state index contributed by atoms with van der Waals surface area (Å²) in [5, 5.41) is 11.7. The molecule has 0 aliphatic rings. The first kappa shape index (κ1) is 39.5.